The molecule has 4 nitrogen and oxygen atoms in total. The summed E-state index contributed by atoms with van der Waals surface area (Å²) in [7, 11) is 0. The Kier molecular flexibility index (Phi) is 5.48. The van der Waals surface area contributed by atoms with Crippen LogP contribution in [0.2, 0.25) is 0 Å². The number of hydrogen-bond donors (Lipinski definition) is 1. The highest BCUT2D eigenvalue weighted by atomic mass is 19.3. The Labute approximate surface area is 144 Å². The molecule has 1 aliphatic rings. The van der Waals surface area contributed by atoms with E-state index < -0.39 is 6.61 Å². The summed E-state index contributed by atoms with van der Waals surface area (Å²) < 4.78 is 35.5. The van der Waals surface area contributed by atoms with Gasteiger partial charge in [0, 0.05) is 11.3 Å². The van der Waals surface area contributed by atoms with Crippen LogP contribution in [0.1, 0.15) is 36.0 Å². The first-order valence-corrected chi connectivity index (χ1v) is 8.24. The molecule has 25 heavy (non-hydrogen) atoms. The zero-order valence-electron chi connectivity index (χ0n) is 13.6. The van der Waals surface area contributed by atoms with E-state index in [2.05, 4.69) is 10.1 Å². The second-order valence-corrected chi connectivity index (χ2v) is 5.88. The third-order valence-electron chi connectivity index (χ3n) is 4.05. The van der Waals surface area contributed by atoms with Crippen LogP contribution < -0.4 is 14.8 Å². The Morgan fingerprint density at radius 3 is 2.44 bits per heavy atom. The summed E-state index contributed by atoms with van der Waals surface area (Å²) in [6.07, 6.45) is 3.80. The van der Waals surface area contributed by atoms with Gasteiger partial charge in [0.25, 0.3) is 5.91 Å². The minimum absolute atomic E-state index is 0.0348. The van der Waals surface area contributed by atoms with Crippen LogP contribution in [0.4, 0.5) is 14.5 Å². The molecule has 3 rings (SSSR count). The van der Waals surface area contributed by atoms with Gasteiger partial charge in [-0.2, -0.15) is 8.78 Å². The normalized spacial score (nSPS) is 14.5. The zero-order valence-corrected chi connectivity index (χ0v) is 13.6. The zero-order chi connectivity index (χ0) is 17.6. The van der Waals surface area contributed by atoms with Crippen LogP contribution in [-0.4, -0.2) is 18.6 Å². The maximum atomic E-state index is 12.6. The van der Waals surface area contributed by atoms with Gasteiger partial charge in [-0.15, -0.1) is 0 Å². The molecule has 1 aliphatic carbocycles. The lowest BCUT2D eigenvalue weighted by Gasteiger charge is -2.17. The number of para-hydroxylation sites is 1. The average Bonchev–Trinajstić information content (AvgIpc) is 3.10. The average molecular weight is 347 g/mol. The lowest BCUT2D eigenvalue weighted by Crippen LogP contribution is -2.15. The number of amides is 1. The van der Waals surface area contributed by atoms with Crippen molar-refractivity contribution in [2.75, 3.05) is 5.32 Å². The lowest BCUT2D eigenvalue weighted by molar-refractivity contribution is -0.0520. The third kappa shape index (κ3) is 4.68. The van der Waals surface area contributed by atoms with E-state index in [9.17, 15) is 13.6 Å². The molecule has 0 unspecified atom stereocenters. The van der Waals surface area contributed by atoms with Crippen molar-refractivity contribution in [1.29, 1.82) is 0 Å². The van der Waals surface area contributed by atoms with E-state index in [1.165, 1.54) is 18.2 Å². The van der Waals surface area contributed by atoms with Crippen molar-refractivity contribution in [2.45, 2.75) is 38.4 Å². The molecule has 0 aromatic heterocycles. The van der Waals surface area contributed by atoms with Gasteiger partial charge < -0.3 is 14.8 Å². The smallest absolute Gasteiger partial charge is 0.387 e. The van der Waals surface area contributed by atoms with Gasteiger partial charge in [-0.3, -0.25) is 4.79 Å². The van der Waals surface area contributed by atoms with Gasteiger partial charge in [0.1, 0.15) is 0 Å². The number of hydrogen-bond acceptors (Lipinski definition) is 3. The fourth-order valence-electron chi connectivity index (χ4n) is 2.85. The first-order chi connectivity index (χ1) is 12.1. The Bertz CT molecular complexity index is 716. The van der Waals surface area contributed by atoms with Gasteiger partial charge in [0.05, 0.1) is 6.10 Å². The van der Waals surface area contributed by atoms with E-state index in [0.717, 1.165) is 25.7 Å². The summed E-state index contributed by atoms with van der Waals surface area (Å²) in [4.78, 5) is 12.4. The number of carbonyl (C=O) groups is 1. The van der Waals surface area contributed by atoms with Crippen LogP contribution >= 0.6 is 0 Å². The molecule has 132 valence electrons. The Morgan fingerprint density at radius 1 is 1.04 bits per heavy atom. The van der Waals surface area contributed by atoms with E-state index in [1.54, 1.807) is 12.1 Å². The number of halogens is 2. The summed E-state index contributed by atoms with van der Waals surface area (Å²) >= 11 is 0. The van der Waals surface area contributed by atoms with Crippen molar-refractivity contribution in [3.05, 3.63) is 54.1 Å². The van der Waals surface area contributed by atoms with Gasteiger partial charge in [-0.05, 0) is 56.0 Å². The van der Waals surface area contributed by atoms with E-state index in [-0.39, 0.29) is 23.5 Å². The summed E-state index contributed by atoms with van der Waals surface area (Å²) in [6.45, 7) is -2.95. The van der Waals surface area contributed by atoms with Crippen LogP contribution in [0.25, 0.3) is 0 Å². The molecular weight excluding hydrogens is 328 g/mol. The summed E-state index contributed by atoms with van der Waals surface area (Å²) in [6, 6.07) is 13.2. The standard InChI is InChI=1S/C19H19F2NO3/c20-19(21)25-16-11-10-13(12-17(16)24-15-8-4-5-9-15)18(23)22-14-6-2-1-3-7-14/h1-3,6-7,10-12,15,19H,4-5,8-9H2,(H,22,23). The minimum atomic E-state index is -2.95. The first-order valence-electron chi connectivity index (χ1n) is 8.24. The number of anilines is 1. The molecule has 1 saturated carbocycles. The third-order valence-corrected chi connectivity index (χ3v) is 4.05. The van der Waals surface area contributed by atoms with Crippen LogP contribution in [0, 0.1) is 0 Å². The van der Waals surface area contributed by atoms with Crippen molar-refractivity contribution in [3.63, 3.8) is 0 Å². The molecule has 0 saturated heterocycles. The second kappa shape index (κ2) is 7.96. The molecule has 0 spiro atoms. The van der Waals surface area contributed by atoms with Gasteiger partial charge in [-0.1, -0.05) is 18.2 Å². The van der Waals surface area contributed by atoms with Crippen LogP contribution in [0.3, 0.4) is 0 Å². The molecule has 0 aliphatic heterocycles. The largest absolute Gasteiger partial charge is 0.487 e. The predicted molar refractivity (Wildman–Crippen MR) is 90.4 cm³/mol. The molecule has 1 N–H and O–H groups in total. The predicted octanol–water partition coefficient (Wildman–Crippen LogP) is 4.86. The maximum Gasteiger partial charge on any atom is 0.387 e. The molecule has 0 radical (unpaired) electrons. The lowest BCUT2D eigenvalue weighted by atomic mass is 10.1. The van der Waals surface area contributed by atoms with Crippen molar-refractivity contribution in [2.24, 2.45) is 0 Å². The number of nitrogens with one attached hydrogen (secondary N) is 1. The monoisotopic (exact) mass is 347 g/mol. The van der Waals surface area contributed by atoms with E-state index in [1.807, 2.05) is 18.2 Å². The Hall–Kier alpha value is -2.63. The fourth-order valence-corrected chi connectivity index (χ4v) is 2.85. The van der Waals surface area contributed by atoms with Gasteiger partial charge in [0.2, 0.25) is 0 Å². The second-order valence-electron chi connectivity index (χ2n) is 5.88. The number of carbonyl (C=O) groups excluding carboxylic acids is 1. The van der Waals surface area contributed by atoms with E-state index in [4.69, 9.17) is 4.74 Å². The molecule has 0 bridgehead atoms. The van der Waals surface area contributed by atoms with Crippen molar-refractivity contribution in [1.82, 2.24) is 0 Å². The van der Waals surface area contributed by atoms with Gasteiger partial charge in [0.15, 0.2) is 11.5 Å². The van der Waals surface area contributed by atoms with E-state index >= 15 is 0 Å². The number of benzene rings is 2. The van der Waals surface area contributed by atoms with Crippen molar-refractivity contribution < 1.29 is 23.0 Å². The van der Waals surface area contributed by atoms with Crippen LogP contribution in [0.5, 0.6) is 11.5 Å². The molecule has 0 heterocycles. The maximum absolute atomic E-state index is 12.6. The van der Waals surface area contributed by atoms with Crippen LogP contribution in [-0.2, 0) is 0 Å². The number of rotatable bonds is 6. The molecule has 1 fully saturated rings. The van der Waals surface area contributed by atoms with Crippen molar-refractivity contribution in [3.8, 4) is 11.5 Å². The number of ether oxygens (including phenoxy) is 2. The quantitative estimate of drug-likeness (QED) is 0.812. The van der Waals surface area contributed by atoms with Gasteiger partial charge in [-0.25, -0.2) is 0 Å². The molecule has 6 heteroatoms. The van der Waals surface area contributed by atoms with E-state index in [0.29, 0.717) is 11.3 Å². The molecule has 1 amide bonds. The van der Waals surface area contributed by atoms with Crippen LogP contribution in [0.15, 0.2) is 48.5 Å². The summed E-state index contributed by atoms with van der Waals surface area (Å²) in [5.41, 5.74) is 0.970. The highest BCUT2D eigenvalue weighted by Gasteiger charge is 2.21. The molecule has 2 aromatic carbocycles. The summed E-state index contributed by atoms with van der Waals surface area (Å²) in [5.74, 6) is -0.225. The van der Waals surface area contributed by atoms with Gasteiger partial charge >= 0.3 is 6.61 Å². The van der Waals surface area contributed by atoms with Crippen molar-refractivity contribution >= 4 is 11.6 Å². The SMILES string of the molecule is O=C(Nc1ccccc1)c1ccc(OC(F)F)c(OC2CCCC2)c1. The molecule has 2 aromatic rings. The highest BCUT2D eigenvalue weighted by Crippen LogP contribution is 2.33. The fraction of sp³-hybridized carbons (Fsp3) is 0.316. The molecule has 0 atom stereocenters. The Balaban J connectivity index is 1.80. The summed E-state index contributed by atoms with van der Waals surface area (Å²) in [5, 5.41) is 2.76. The highest BCUT2D eigenvalue weighted by molar-refractivity contribution is 6.04. The first kappa shape index (κ1) is 17.2. The topological polar surface area (TPSA) is 47.6 Å². The molecular formula is C19H19F2NO3. The Morgan fingerprint density at radius 2 is 1.76 bits per heavy atom. The number of alkyl halides is 2. The minimum Gasteiger partial charge on any atom is -0.487 e.